The lowest BCUT2D eigenvalue weighted by Gasteiger charge is -2.25. The van der Waals surface area contributed by atoms with Crippen LogP contribution >= 0.6 is 35.0 Å². The van der Waals surface area contributed by atoms with Crippen LogP contribution in [-0.2, 0) is 0 Å². The molecule has 5 N–H and O–H groups in total. The van der Waals surface area contributed by atoms with Crippen molar-refractivity contribution < 1.29 is 9.50 Å². The van der Waals surface area contributed by atoms with E-state index < -0.39 is 5.82 Å². The van der Waals surface area contributed by atoms with Crippen LogP contribution in [0.4, 0.5) is 21.5 Å². The van der Waals surface area contributed by atoms with Gasteiger partial charge in [0, 0.05) is 34.9 Å². The monoisotopic (exact) mass is 558 g/mol. The van der Waals surface area contributed by atoms with E-state index in [2.05, 4.69) is 37.6 Å². The van der Waals surface area contributed by atoms with Gasteiger partial charge in [-0.05, 0) is 30.3 Å². The molecule has 0 bridgehead atoms. The number of pyridine rings is 1. The van der Waals surface area contributed by atoms with Gasteiger partial charge in [-0.15, -0.1) is 17.3 Å². The van der Waals surface area contributed by atoms with E-state index in [4.69, 9.17) is 23.2 Å². The molecule has 13 heteroatoms. The van der Waals surface area contributed by atoms with Gasteiger partial charge in [0.2, 0.25) is 0 Å². The molecule has 2 aliphatic heterocycles. The number of aromatic nitrogens is 1. The number of hydrazine groups is 2. The highest BCUT2D eigenvalue weighted by Crippen LogP contribution is 2.36. The number of β-amino-alcohol motifs (C(OH)–C–C–N with tert-alkyl or cyclic N) is 1. The molecule has 0 saturated carbocycles. The zero-order chi connectivity index (χ0) is 25.9. The fraction of sp³-hybridized carbons (Fsp3) is 0.208. The molecule has 9 nitrogen and oxygen atoms in total. The SMILES string of the molecule is N#Cc1cnc2c(Cl)cc(N[C@H](C3=CN(CCO)NN3)C3CSC=N3)cc2c1Nc1ccc(F)c(Cl)c1. The normalized spacial score (nSPS) is 17.4. The average molecular weight is 559 g/mol. The molecule has 0 spiro atoms. The Balaban J connectivity index is 1.54. The van der Waals surface area contributed by atoms with Crippen molar-refractivity contribution in [3.8, 4) is 6.07 Å². The first kappa shape index (κ1) is 25.4. The molecule has 0 amide bonds. The van der Waals surface area contributed by atoms with E-state index in [0.29, 0.717) is 45.1 Å². The Bertz CT molecular complexity index is 1450. The summed E-state index contributed by atoms with van der Waals surface area (Å²) < 4.78 is 13.7. The molecule has 3 aromatic rings. The number of aliphatic hydroxyl groups excluding tert-OH is 1. The number of benzene rings is 2. The van der Waals surface area contributed by atoms with Gasteiger partial charge in [0.1, 0.15) is 11.9 Å². The standard InChI is InChI=1S/C24H21Cl2FN8OS/c25-17-6-14(1-2-19(17)27)31-22-13(8-28)9-29-23-16(22)5-15(7-18(23)26)32-24(21-11-37-12-30-21)20-10-35(3-4-36)34-33-20/h1-2,5-7,9-10,12,21,24,32-34,36H,3-4,11H2,(H,29,31)/t21?,24-/m1/s1. The summed E-state index contributed by atoms with van der Waals surface area (Å²) in [6, 6.07) is 9.71. The molecule has 2 aliphatic rings. The lowest BCUT2D eigenvalue weighted by Crippen LogP contribution is -2.43. The van der Waals surface area contributed by atoms with E-state index >= 15 is 0 Å². The number of rotatable bonds is 8. The molecule has 1 aromatic heterocycles. The number of fused-ring (bicyclic) bond motifs is 1. The summed E-state index contributed by atoms with van der Waals surface area (Å²) in [5.74, 6) is 0.249. The smallest absolute Gasteiger partial charge is 0.141 e. The lowest BCUT2D eigenvalue weighted by molar-refractivity contribution is 0.195. The zero-order valence-corrected chi connectivity index (χ0v) is 21.5. The average Bonchev–Trinajstić information content (AvgIpc) is 3.58. The summed E-state index contributed by atoms with van der Waals surface area (Å²) >= 11 is 14.2. The zero-order valence-electron chi connectivity index (χ0n) is 19.2. The molecule has 2 aromatic carbocycles. The quantitative estimate of drug-likeness (QED) is 0.274. The number of thioether (sulfide) groups is 1. The topological polar surface area (TPSA) is 121 Å². The first-order valence-electron chi connectivity index (χ1n) is 11.2. The van der Waals surface area contributed by atoms with Gasteiger partial charge < -0.3 is 21.2 Å². The van der Waals surface area contributed by atoms with Crippen LogP contribution in [0, 0.1) is 17.1 Å². The highest BCUT2D eigenvalue weighted by molar-refractivity contribution is 8.12. The molecule has 5 rings (SSSR count). The number of nitriles is 1. The lowest BCUT2D eigenvalue weighted by atomic mass is 10.0. The predicted octanol–water partition coefficient (Wildman–Crippen LogP) is 4.38. The first-order valence-corrected chi connectivity index (χ1v) is 13.0. The van der Waals surface area contributed by atoms with Crippen LogP contribution in [0.2, 0.25) is 10.0 Å². The van der Waals surface area contributed by atoms with E-state index in [1.54, 1.807) is 22.8 Å². The van der Waals surface area contributed by atoms with Crippen molar-refractivity contribution in [2.45, 2.75) is 12.1 Å². The second-order valence-corrected chi connectivity index (χ2v) is 9.97. The second-order valence-electron chi connectivity index (χ2n) is 8.28. The molecule has 2 atom stereocenters. The summed E-state index contributed by atoms with van der Waals surface area (Å²) in [7, 11) is 0. The van der Waals surface area contributed by atoms with Crippen LogP contribution in [0.5, 0.6) is 0 Å². The largest absolute Gasteiger partial charge is 0.394 e. The summed E-state index contributed by atoms with van der Waals surface area (Å²) in [6.07, 6.45) is 3.33. The number of aliphatic imine (C=N–C) groups is 1. The molecular formula is C24H21Cl2FN8OS. The van der Waals surface area contributed by atoms with Gasteiger partial charge in [0.15, 0.2) is 0 Å². The number of nitrogens with one attached hydrogen (secondary N) is 4. The Kier molecular flexibility index (Phi) is 7.55. The van der Waals surface area contributed by atoms with Gasteiger partial charge in [-0.3, -0.25) is 15.0 Å². The number of hydrogen-bond donors (Lipinski definition) is 5. The maximum Gasteiger partial charge on any atom is 0.141 e. The highest BCUT2D eigenvalue weighted by Gasteiger charge is 2.30. The number of nitrogens with zero attached hydrogens (tertiary/aromatic N) is 4. The minimum Gasteiger partial charge on any atom is -0.394 e. The van der Waals surface area contributed by atoms with E-state index in [-0.39, 0.29) is 23.7 Å². The van der Waals surface area contributed by atoms with Gasteiger partial charge in [-0.2, -0.15) is 5.26 Å². The third-order valence-corrected chi connectivity index (χ3v) is 7.23. The molecule has 0 saturated heterocycles. The van der Waals surface area contributed by atoms with E-state index in [1.807, 2.05) is 17.8 Å². The van der Waals surface area contributed by atoms with E-state index in [9.17, 15) is 14.8 Å². The maximum atomic E-state index is 13.7. The number of halogens is 3. The minimum absolute atomic E-state index is 0.00244. The van der Waals surface area contributed by atoms with Crippen LogP contribution in [0.1, 0.15) is 5.56 Å². The van der Waals surface area contributed by atoms with Crippen LogP contribution < -0.4 is 21.6 Å². The number of anilines is 3. The van der Waals surface area contributed by atoms with Crippen LogP contribution in [0.25, 0.3) is 10.9 Å². The fourth-order valence-corrected chi connectivity index (χ4v) is 5.34. The van der Waals surface area contributed by atoms with Crippen LogP contribution in [0.3, 0.4) is 0 Å². The molecule has 0 fully saturated rings. The summed E-state index contributed by atoms with van der Waals surface area (Å²) in [6.45, 7) is 0.413. The molecule has 3 heterocycles. The van der Waals surface area contributed by atoms with E-state index in [1.165, 1.54) is 24.4 Å². The van der Waals surface area contributed by atoms with Crippen molar-refractivity contribution in [2.75, 3.05) is 29.5 Å². The van der Waals surface area contributed by atoms with Crippen molar-refractivity contribution in [3.63, 3.8) is 0 Å². The predicted molar refractivity (Wildman–Crippen MR) is 146 cm³/mol. The fourth-order valence-electron chi connectivity index (χ4n) is 4.08. The summed E-state index contributed by atoms with van der Waals surface area (Å²) in [5, 5.41) is 28.5. The summed E-state index contributed by atoms with van der Waals surface area (Å²) in [4.78, 5) is 9.00. The molecule has 190 valence electrons. The minimum atomic E-state index is -0.539. The van der Waals surface area contributed by atoms with Crippen LogP contribution in [-0.4, -0.2) is 51.6 Å². The van der Waals surface area contributed by atoms with E-state index in [0.717, 1.165) is 11.4 Å². The van der Waals surface area contributed by atoms with Crippen molar-refractivity contribution in [1.29, 1.82) is 5.26 Å². The maximum absolute atomic E-state index is 13.7. The molecule has 0 aliphatic carbocycles. The van der Waals surface area contributed by atoms with Crippen molar-refractivity contribution >= 4 is 68.5 Å². The molecule has 0 radical (unpaired) electrons. The van der Waals surface area contributed by atoms with Gasteiger partial charge >= 0.3 is 0 Å². The van der Waals surface area contributed by atoms with Gasteiger partial charge in [-0.25, -0.2) is 4.39 Å². The Labute approximate surface area is 226 Å². The highest BCUT2D eigenvalue weighted by atomic mass is 35.5. The van der Waals surface area contributed by atoms with Crippen molar-refractivity contribution in [3.05, 3.63) is 69.9 Å². The Morgan fingerprint density at radius 2 is 2.11 bits per heavy atom. The third-order valence-electron chi connectivity index (χ3n) is 5.85. The van der Waals surface area contributed by atoms with Gasteiger partial charge in [-0.1, -0.05) is 23.2 Å². The second kappa shape index (κ2) is 11.0. The molecule has 1 unspecified atom stereocenters. The summed E-state index contributed by atoms with van der Waals surface area (Å²) in [5.41, 5.74) is 11.3. The Hall–Kier alpha value is -3.27. The van der Waals surface area contributed by atoms with Gasteiger partial charge in [0.05, 0.1) is 63.3 Å². The number of aliphatic hydroxyl groups is 1. The first-order chi connectivity index (χ1) is 18.0. The van der Waals surface area contributed by atoms with Crippen LogP contribution in [0.15, 0.2) is 53.4 Å². The number of hydrogen-bond acceptors (Lipinski definition) is 10. The molecular weight excluding hydrogens is 538 g/mol. The Morgan fingerprint density at radius 3 is 2.84 bits per heavy atom. The van der Waals surface area contributed by atoms with Crippen molar-refractivity contribution in [1.82, 2.24) is 21.0 Å². The molecule has 37 heavy (non-hydrogen) atoms. The van der Waals surface area contributed by atoms with Crippen molar-refractivity contribution in [2.24, 2.45) is 4.99 Å². The Morgan fingerprint density at radius 1 is 1.27 bits per heavy atom. The third kappa shape index (κ3) is 5.39. The van der Waals surface area contributed by atoms with Gasteiger partial charge in [0.25, 0.3) is 0 Å².